The zero-order chi connectivity index (χ0) is 13.1. The summed E-state index contributed by atoms with van der Waals surface area (Å²) in [5, 5.41) is 14.1. The van der Waals surface area contributed by atoms with E-state index in [4.69, 9.17) is 4.74 Å². The minimum absolute atomic E-state index is 0.170. The molecule has 1 heterocycles. The minimum Gasteiger partial charge on any atom is -0.493 e. The third-order valence-electron chi connectivity index (χ3n) is 3.62. The molecule has 1 saturated carbocycles. The average molecular weight is 253 g/mol. The maximum Gasteiger partial charge on any atom is 0.160 e. The van der Waals surface area contributed by atoms with E-state index < -0.39 is 0 Å². The molecule has 1 aliphatic carbocycles. The van der Waals surface area contributed by atoms with Gasteiger partial charge in [-0.2, -0.15) is 5.10 Å². The molecule has 0 amide bonds. The van der Waals surface area contributed by atoms with Gasteiger partial charge in [-0.15, -0.1) is 0 Å². The summed E-state index contributed by atoms with van der Waals surface area (Å²) >= 11 is 0. The van der Waals surface area contributed by atoms with Crippen LogP contribution in [0.15, 0.2) is 6.20 Å². The Balaban J connectivity index is 2.17. The number of aromatic nitrogens is 2. The highest BCUT2D eigenvalue weighted by Crippen LogP contribution is 2.38. The van der Waals surface area contributed by atoms with Gasteiger partial charge in [0.25, 0.3) is 0 Å². The molecule has 5 heteroatoms. The number of rotatable bonds is 5. The van der Waals surface area contributed by atoms with Crippen molar-refractivity contribution in [2.75, 3.05) is 27.7 Å². The second-order valence-electron chi connectivity index (χ2n) is 5.29. The second-order valence-corrected chi connectivity index (χ2v) is 5.29. The Morgan fingerprint density at radius 2 is 2.28 bits per heavy atom. The van der Waals surface area contributed by atoms with Gasteiger partial charge in [-0.05, 0) is 33.4 Å². The Kier molecular flexibility index (Phi) is 4.24. The predicted molar refractivity (Wildman–Crippen MR) is 69.9 cm³/mol. The third kappa shape index (κ3) is 2.84. The van der Waals surface area contributed by atoms with Gasteiger partial charge in [-0.1, -0.05) is 0 Å². The van der Waals surface area contributed by atoms with Gasteiger partial charge in [0, 0.05) is 12.5 Å². The lowest BCUT2D eigenvalue weighted by Crippen LogP contribution is -2.21. The van der Waals surface area contributed by atoms with Crippen LogP contribution in [0.2, 0.25) is 0 Å². The number of hydrogen-bond acceptors (Lipinski definition) is 4. The fraction of sp³-hybridized carbons (Fsp3) is 0.769. The minimum atomic E-state index is -0.170. The van der Waals surface area contributed by atoms with Crippen LogP contribution in [0.4, 0.5) is 0 Å². The molecule has 102 valence electrons. The molecule has 1 fully saturated rings. The maximum atomic E-state index is 9.69. The molecule has 1 aromatic heterocycles. The molecule has 0 aromatic carbocycles. The number of aliphatic hydroxyl groups is 1. The van der Waals surface area contributed by atoms with Crippen molar-refractivity contribution in [3.63, 3.8) is 0 Å². The standard InChI is InChI=1S/C13H23N3O2/c1-15(2)6-7-16-13(12(18-3)9-14-16)10-4-5-11(17)8-10/h9-11,17H,4-8H2,1-3H3. The number of hydrogen-bond donors (Lipinski definition) is 1. The molecule has 1 N–H and O–H groups in total. The molecule has 2 rings (SSSR count). The van der Waals surface area contributed by atoms with Crippen LogP contribution in [-0.4, -0.2) is 53.6 Å². The number of likely N-dealkylation sites (N-methyl/N-ethyl adjacent to an activating group) is 1. The fourth-order valence-corrected chi connectivity index (χ4v) is 2.63. The Morgan fingerprint density at radius 3 is 2.83 bits per heavy atom. The smallest absolute Gasteiger partial charge is 0.160 e. The van der Waals surface area contributed by atoms with Crippen molar-refractivity contribution in [2.45, 2.75) is 37.8 Å². The zero-order valence-corrected chi connectivity index (χ0v) is 11.5. The lowest BCUT2D eigenvalue weighted by Gasteiger charge is -2.16. The van der Waals surface area contributed by atoms with Crippen molar-refractivity contribution in [3.8, 4) is 5.75 Å². The monoisotopic (exact) mass is 253 g/mol. The Hall–Kier alpha value is -1.07. The molecule has 2 atom stereocenters. The van der Waals surface area contributed by atoms with Crippen LogP contribution in [0.25, 0.3) is 0 Å². The lowest BCUT2D eigenvalue weighted by molar-refractivity contribution is 0.180. The quantitative estimate of drug-likeness (QED) is 0.853. The molecule has 1 aromatic rings. The molecule has 0 saturated heterocycles. The number of aliphatic hydroxyl groups excluding tert-OH is 1. The van der Waals surface area contributed by atoms with E-state index >= 15 is 0 Å². The predicted octanol–water partition coefficient (Wildman–Crippen LogP) is 1.08. The first kappa shape index (κ1) is 13.4. The van der Waals surface area contributed by atoms with Crippen molar-refractivity contribution < 1.29 is 9.84 Å². The summed E-state index contributed by atoms with van der Waals surface area (Å²) in [5.74, 6) is 1.23. The van der Waals surface area contributed by atoms with Gasteiger partial charge >= 0.3 is 0 Å². The molecule has 0 radical (unpaired) electrons. The summed E-state index contributed by atoms with van der Waals surface area (Å²) in [6, 6.07) is 0. The van der Waals surface area contributed by atoms with Crippen LogP contribution < -0.4 is 4.74 Å². The van der Waals surface area contributed by atoms with E-state index in [2.05, 4.69) is 24.1 Å². The first-order valence-corrected chi connectivity index (χ1v) is 6.54. The summed E-state index contributed by atoms with van der Waals surface area (Å²) in [7, 11) is 5.79. The Bertz CT molecular complexity index is 390. The zero-order valence-electron chi connectivity index (χ0n) is 11.5. The van der Waals surface area contributed by atoms with Gasteiger partial charge in [-0.25, -0.2) is 0 Å². The third-order valence-corrected chi connectivity index (χ3v) is 3.62. The Labute approximate surface area is 108 Å². The van der Waals surface area contributed by atoms with Crippen molar-refractivity contribution in [1.82, 2.24) is 14.7 Å². The largest absolute Gasteiger partial charge is 0.493 e. The SMILES string of the molecule is COc1cnn(CCN(C)C)c1C1CCC(O)C1. The van der Waals surface area contributed by atoms with Crippen molar-refractivity contribution in [2.24, 2.45) is 0 Å². The van der Waals surface area contributed by atoms with E-state index in [1.807, 2.05) is 4.68 Å². The van der Waals surface area contributed by atoms with Gasteiger partial charge in [0.1, 0.15) is 0 Å². The summed E-state index contributed by atoms with van der Waals surface area (Å²) in [6.07, 6.45) is 4.34. The Morgan fingerprint density at radius 1 is 1.50 bits per heavy atom. The van der Waals surface area contributed by atoms with Gasteiger partial charge in [-0.3, -0.25) is 4.68 Å². The number of methoxy groups -OCH3 is 1. The highest BCUT2D eigenvalue weighted by Gasteiger charge is 2.29. The van der Waals surface area contributed by atoms with Gasteiger partial charge in [0.15, 0.2) is 5.75 Å². The highest BCUT2D eigenvalue weighted by molar-refractivity contribution is 5.29. The topological polar surface area (TPSA) is 50.5 Å². The molecular formula is C13H23N3O2. The van der Waals surface area contributed by atoms with Crippen molar-refractivity contribution in [3.05, 3.63) is 11.9 Å². The molecular weight excluding hydrogens is 230 g/mol. The molecule has 18 heavy (non-hydrogen) atoms. The summed E-state index contributed by atoms with van der Waals surface area (Å²) in [5.41, 5.74) is 1.15. The van der Waals surface area contributed by atoms with Gasteiger partial charge in [0.05, 0.1) is 31.6 Å². The van der Waals surface area contributed by atoms with Crippen molar-refractivity contribution >= 4 is 0 Å². The lowest BCUT2D eigenvalue weighted by atomic mass is 10.0. The van der Waals surface area contributed by atoms with Crippen LogP contribution in [0.3, 0.4) is 0 Å². The van der Waals surface area contributed by atoms with Crippen LogP contribution in [-0.2, 0) is 6.54 Å². The van der Waals surface area contributed by atoms with Crippen LogP contribution in [0, 0.1) is 0 Å². The van der Waals surface area contributed by atoms with Crippen LogP contribution >= 0.6 is 0 Å². The molecule has 0 spiro atoms. The molecule has 2 unspecified atom stereocenters. The van der Waals surface area contributed by atoms with E-state index in [0.29, 0.717) is 5.92 Å². The average Bonchev–Trinajstić information content (AvgIpc) is 2.91. The number of nitrogens with zero attached hydrogens (tertiary/aromatic N) is 3. The summed E-state index contributed by atoms with van der Waals surface area (Å²) in [6.45, 7) is 1.81. The first-order valence-electron chi connectivity index (χ1n) is 6.54. The van der Waals surface area contributed by atoms with E-state index in [1.54, 1.807) is 13.3 Å². The van der Waals surface area contributed by atoms with E-state index in [-0.39, 0.29) is 6.10 Å². The van der Waals surface area contributed by atoms with E-state index in [1.165, 1.54) is 0 Å². The second kappa shape index (κ2) is 5.71. The maximum absolute atomic E-state index is 9.69. The molecule has 5 nitrogen and oxygen atoms in total. The van der Waals surface area contributed by atoms with E-state index in [9.17, 15) is 5.11 Å². The molecule has 0 aliphatic heterocycles. The summed E-state index contributed by atoms with van der Waals surface area (Å²) < 4.78 is 7.43. The van der Waals surface area contributed by atoms with Crippen LogP contribution in [0.1, 0.15) is 30.9 Å². The van der Waals surface area contributed by atoms with Gasteiger partial charge in [0.2, 0.25) is 0 Å². The highest BCUT2D eigenvalue weighted by atomic mass is 16.5. The normalized spacial score (nSPS) is 23.8. The molecule has 1 aliphatic rings. The van der Waals surface area contributed by atoms with Crippen LogP contribution in [0.5, 0.6) is 5.75 Å². The summed E-state index contributed by atoms with van der Waals surface area (Å²) in [4.78, 5) is 2.14. The molecule has 0 bridgehead atoms. The van der Waals surface area contributed by atoms with E-state index in [0.717, 1.165) is 43.8 Å². The van der Waals surface area contributed by atoms with Crippen molar-refractivity contribution in [1.29, 1.82) is 0 Å². The first-order chi connectivity index (χ1) is 8.61. The van der Waals surface area contributed by atoms with Gasteiger partial charge < -0.3 is 14.7 Å². The number of ether oxygens (including phenoxy) is 1. The fourth-order valence-electron chi connectivity index (χ4n) is 2.63.